The summed E-state index contributed by atoms with van der Waals surface area (Å²) in [4.78, 5) is 11.7. The Balaban J connectivity index is 2.25. The van der Waals surface area contributed by atoms with Crippen molar-refractivity contribution in [3.8, 4) is 0 Å². The minimum atomic E-state index is -4.54. The average molecular weight is 325 g/mol. The summed E-state index contributed by atoms with van der Waals surface area (Å²) in [5.41, 5.74) is -0.754. The normalized spacial score (nSPS) is 12.1. The fourth-order valence-electron chi connectivity index (χ4n) is 1.76. The van der Waals surface area contributed by atoms with Crippen molar-refractivity contribution in [3.63, 3.8) is 0 Å². The third kappa shape index (κ3) is 5.39. The van der Waals surface area contributed by atoms with Crippen LogP contribution in [0.15, 0.2) is 30.5 Å². The Morgan fingerprint density at radius 3 is 2.39 bits per heavy atom. The lowest BCUT2D eigenvalue weighted by Gasteiger charge is -2.21. The van der Waals surface area contributed by atoms with Crippen LogP contribution in [0.5, 0.6) is 0 Å². The molecule has 0 fully saturated rings. The number of halogens is 3. The molecule has 2 rings (SSSR count). The van der Waals surface area contributed by atoms with E-state index >= 15 is 0 Å². The van der Waals surface area contributed by atoms with Crippen molar-refractivity contribution < 1.29 is 13.2 Å². The van der Waals surface area contributed by atoms with E-state index in [4.69, 9.17) is 0 Å². The zero-order chi connectivity index (χ0) is 17.1. The van der Waals surface area contributed by atoms with Gasteiger partial charge in [-0.25, -0.2) is 4.98 Å². The largest absolute Gasteiger partial charge is 0.433 e. The van der Waals surface area contributed by atoms with Crippen LogP contribution in [0.1, 0.15) is 32.2 Å². The molecule has 2 N–H and O–H groups in total. The molecule has 0 bridgehead atoms. The van der Waals surface area contributed by atoms with Gasteiger partial charge in [0, 0.05) is 17.8 Å². The van der Waals surface area contributed by atoms with Gasteiger partial charge in [0.25, 0.3) is 0 Å². The predicted octanol–water partition coefficient (Wildman–Crippen LogP) is 3.71. The number of anilines is 2. The Bertz CT molecular complexity index is 650. The lowest BCUT2D eigenvalue weighted by Crippen LogP contribution is -2.28. The second kappa shape index (κ2) is 6.39. The SMILES string of the molecule is CC(C)(C)Nc1nc(NCc2ccccn2)cc(C(F)(F)F)n1. The molecule has 2 aromatic heterocycles. The first-order chi connectivity index (χ1) is 10.6. The minimum absolute atomic E-state index is 0.0733. The number of hydrogen-bond acceptors (Lipinski definition) is 5. The molecule has 2 heterocycles. The van der Waals surface area contributed by atoms with Gasteiger partial charge in [-0.15, -0.1) is 0 Å². The number of pyridine rings is 1. The smallest absolute Gasteiger partial charge is 0.364 e. The molecule has 0 atom stereocenters. The van der Waals surface area contributed by atoms with E-state index in [-0.39, 0.29) is 18.3 Å². The average Bonchev–Trinajstić information content (AvgIpc) is 2.43. The quantitative estimate of drug-likeness (QED) is 0.897. The van der Waals surface area contributed by atoms with E-state index in [0.717, 1.165) is 6.07 Å². The molecule has 124 valence electrons. The molecular formula is C15H18F3N5. The van der Waals surface area contributed by atoms with Crippen LogP contribution in [0.4, 0.5) is 24.9 Å². The van der Waals surface area contributed by atoms with Crippen LogP contribution in [0.2, 0.25) is 0 Å². The summed E-state index contributed by atoms with van der Waals surface area (Å²) < 4.78 is 39.0. The summed E-state index contributed by atoms with van der Waals surface area (Å²) in [5, 5.41) is 5.70. The number of rotatable bonds is 4. The number of alkyl halides is 3. The van der Waals surface area contributed by atoms with E-state index in [1.165, 1.54) is 0 Å². The topological polar surface area (TPSA) is 62.7 Å². The number of nitrogens with zero attached hydrogens (tertiary/aromatic N) is 3. The van der Waals surface area contributed by atoms with Gasteiger partial charge in [-0.3, -0.25) is 4.98 Å². The summed E-state index contributed by atoms with van der Waals surface area (Å²) >= 11 is 0. The molecule has 0 unspecified atom stereocenters. The van der Waals surface area contributed by atoms with E-state index in [0.29, 0.717) is 5.69 Å². The van der Waals surface area contributed by atoms with Gasteiger partial charge in [-0.2, -0.15) is 18.2 Å². The number of hydrogen-bond donors (Lipinski definition) is 2. The Morgan fingerprint density at radius 1 is 1.09 bits per heavy atom. The molecule has 0 amide bonds. The van der Waals surface area contributed by atoms with Crippen molar-refractivity contribution in [2.24, 2.45) is 0 Å². The van der Waals surface area contributed by atoms with E-state index in [1.54, 1.807) is 24.4 Å². The van der Waals surface area contributed by atoms with Crippen LogP contribution < -0.4 is 10.6 Å². The van der Waals surface area contributed by atoms with Crippen LogP contribution in [-0.4, -0.2) is 20.5 Å². The molecule has 0 saturated heterocycles. The highest BCUT2D eigenvalue weighted by Gasteiger charge is 2.34. The highest BCUT2D eigenvalue weighted by molar-refractivity contribution is 5.44. The maximum absolute atomic E-state index is 13.0. The number of aromatic nitrogens is 3. The van der Waals surface area contributed by atoms with Crippen molar-refractivity contribution >= 4 is 11.8 Å². The molecule has 0 aliphatic carbocycles. The first kappa shape index (κ1) is 17.0. The van der Waals surface area contributed by atoms with Crippen LogP contribution in [0, 0.1) is 0 Å². The maximum atomic E-state index is 13.0. The van der Waals surface area contributed by atoms with Gasteiger partial charge in [-0.1, -0.05) is 6.07 Å². The van der Waals surface area contributed by atoms with Crippen LogP contribution in [0.25, 0.3) is 0 Å². The molecular weight excluding hydrogens is 307 g/mol. The van der Waals surface area contributed by atoms with E-state index in [2.05, 4.69) is 25.6 Å². The summed E-state index contributed by atoms with van der Waals surface area (Å²) in [5.74, 6) is 0.0144. The standard InChI is InChI=1S/C15H18F3N5/c1-14(2,3)23-13-21-11(15(16,17)18)8-12(22-13)20-9-10-6-4-5-7-19-10/h4-8H,9H2,1-3H3,(H2,20,21,22,23). The lowest BCUT2D eigenvalue weighted by atomic mass is 10.1. The molecule has 0 aromatic carbocycles. The Morgan fingerprint density at radius 2 is 1.83 bits per heavy atom. The summed E-state index contributed by atoms with van der Waals surface area (Å²) in [6, 6.07) is 6.23. The molecule has 0 spiro atoms. The number of nitrogens with one attached hydrogen (secondary N) is 2. The van der Waals surface area contributed by atoms with Gasteiger partial charge < -0.3 is 10.6 Å². The monoisotopic (exact) mass is 325 g/mol. The summed E-state index contributed by atoms with van der Waals surface area (Å²) in [6.07, 6.45) is -2.93. The zero-order valence-corrected chi connectivity index (χ0v) is 13.1. The van der Waals surface area contributed by atoms with E-state index in [9.17, 15) is 13.2 Å². The first-order valence-electron chi connectivity index (χ1n) is 7.02. The fourth-order valence-corrected chi connectivity index (χ4v) is 1.76. The summed E-state index contributed by atoms with van der Waals surface area (Å²) in [7, 11) is 0. The van der Waals surface area contributed by atoms with E-state index in [1.807, 2.05) is 20.8 Å². The molecule has 0 aliphatic rings. The van der Waals surface area contributed by atoms with Gasteiger partial charge in [0.1, 0.15) is 5.82 Å². The minimum Gasteiger partial charge on any atom is -0.364 e. The highest BCUT2D eigenvalue weighted by Crippen LogP contribution is 2.30. The van der Waals surface area contributed by atoms with Gasteiger partial charge >= 0.3 is 6.18 Å². The third-order valence-electron chi connectivity index (χ3n) is 2.68. The zero-order valence-electron chi connectivity index (χ0n) is 13.1. The van der Waals surface area contributed by atoms with Gasteiger partial charge in [-0.05, 0) is 32.9 Å². The van der Waals surface area contributed by atoms with Gasteiger partial charge in [0.15, 0.2) is 5.69 Å². The Hall–Kier alpha value is -2.38. The molecule has 2 aromatic rings. The van der Waals surface area contributed by atoms with Crippen molar-refractivity contribution in [3.05, 3.63) is 41.9 Å². The Kier molecular flexibility index (Phi) is 4.72. The molecule has 5 nitrogen and oxygen atoms in total. The van der Waals surface area contributed by atoms with Crippen molar-refractivity contribution in [1.29, 1.82) is 0 Å². The van der Waals surface area contributed by atoms with Crippen LogP contribution >= 0.6 is 0 Å². The van der Waals surface area contributed by atoms with Gasteiger partial charge in [0.05, 0.1) is 12.2 Å². The van der Waals surface area contributed by atoms with Gasteiger partial charge in [0.2, 0.25) is 5.95 Å². The maximum Gasteiger partial charge on any atom is 0.433 e. The second-order valence-electron chi connectivity index (χ2n) is 6.01. The van der Waals surface area contributed by atoms with E-state index < -0.39 is 17.4 Å². The predicted molar refractivity (Wildman–Crippen MR) is 82.0 cm³/mol. The fraction of sp³-hybridized carbons (Fsp3) is 0.400. The molecule has 0 radical (unpaired) electrons. The molecule has 23 heavy (non-hydrogen) atoms. The van der Waals surface area contributed by atoms with Crippen molar-refractivity contribution in [2.45, 2.75) is 39.0 Å². The lowest BCUT2D eigenvalue weighted by molar-refractivity contribution is -0.141. The van der Waals surface area contributed by atoms with Crippen molar-refractivity contribution in [1.82, 2.24) is 15.0 Å². The molecule has 8 heteroatoms. The highest BCUT2D eigenvalue weighted by atomic mass is 19.4. The third-order valence-corrected chi connectivity index (χ3v) is 2.68. The molecule has 0 aliphatic heterocycles. The first-order valence-corrected chi connectivity index (χ1v) is 7.02. The van der Waals surface area contributed by atoms with Crippen molar-refractivity contribution in [2.75, 3.05) is 10.6 Å². The second-order valence-corrected chi connectivity index (χ2v) is 6.01. The van der Waals surface area contributed by atoms with Crippen LogP contribution in [0.3, 0.4) is 0 Å². The Labute approximate surface area is 132 Å². The summed E-state index contributed by atoms with van der Waals surface area (Å²) in [6.45, 7) is 5.72. The molecule has 0 saturated carbocycles. The van der Waals surface area contributed by atoms with Crippen LogP contribution in [-0.2, 0) is 12.7 Å².